The molecule has 2 aromatic carbocycles. The number of nitrogens with zero attached hydrogens (tertiary/aromatic N) is 2. The number of hydrogen-bond acceptors (Lipinski definition) is 8. The van der Waals surface area contributed by atoms with E-state index in [1.807, 2.05) is 60.7 Å². The van der Waals surface area contributed by atoms with Crippen molar-refractivity contribution in [2.24, 2.45) is 5.92 Å². The van der Waals surface area contributed by atoms with Crippen molar-refractivity contribution in [3.05, 3.63) is 72.1 Å². The van der Waals surface area contributed by atoms with E-state index in [9.17, 15) is 9.59 Å². The van der Waals surface area contributed by atoms with Crippen molar-refractivity contribution in [3.63, 3.8) is 0 Å². The lowest BCUT2D eigenvalue weighted by molar-refractivity contribution is -0.159. The van der Waals surface area contributed by atoms with Gasteiger partial charge in [0.2, 0.25) is 11.8 Å². The number of hydrogen-bond donors (Lipinski definition) is 0. The topological polar surface area (TPSA) is 91.1 Å². The number of aromatic nitrogens is 1. The molecule has 4 rings (SSSR count). The fourth-order valence-corrected chi connectivity index (χ4v) is 3.99. The highest BCUT2D eigenvalue weighted by molar-refractivity contribution is 5.96. The molecule has 1 atom stereocenters. The average molecular weight is 450 g/mol. The van der Waals surface area contributed by atoms with E-state index >= 15 is 0 Å². The number of morpholine rings is 1. The first kappa shape index (κ1) is 22.5. The molecule has 33 heavy (non-hydrogen) atoms. The van der Waals surface area contributed by atoms with Gasteiger partial charge < -0.3 is 23.5 Å². The first-order chi connectivity index (χ1) is 16.1. The van der Waals surface area contributed by atoms with Gasteiger partial charge in [-0.15, -0.1) is 0 Å². The Morgan fingerprint density at radius 3 is 2.06 bits per heavy atom. The molecule has 172 valence electrons. The first-order valence-corrected chi connectivity index (χ1v) is 10.7. The molecule has 0 aliphatic carbocycles. The van der Waals surface area contributed by atoms with E-state index < -0.39 is 23.8 Å². The Bertz CT molecular complexity index is 1060. The number of carbonyl (C=O) groups is 2. The van der Waals surface area contributed by atoms with Crippen molar-refractivity contribution in [2.45, 2.75) is 5.92 Å². The first-order valence-electron chi connectivity index (χ1n) is 10.7. The second-order valence-electron chi connectivity index (χ2n) is 7.58. The van der Waals surface area contributed by atoms with E-state index in [1.54, 1.807) is 0 Å². The molecular formula is C25H26N2O6. The summed E-state index contributed by atoms with van der Waals surface area (Å²) in [5.74, 6) is -2.73. The molecule has 1 fully saturated rings. The molecule has 0 unspecified atom stereocenters. The van der Waals surface area contributed by atoms with Crippen molar-refractivity contribution in [3.8, 4) is 11.3 Å². The molecule has 0 amide bonds. The lowest BCUT2D eigenvalue weighted by atomic mass is 9.85. The van der Waals surface area contributed by atoms with Gasteiger partial charge in [-0.3, -0.25) is 9.59 Å². The lowest BCUT2D eigenvalue weighted by Gasteiger charge is -2.27. The molecule has 1 aliphatic heterocycles. The van der Waals surface area contributed by atoms with Crippen molar-refractivity contribution >= 4 is 17.8 Å². The molecule has 0 bridgehead atoms. The van der Waals surface area contributed by atoms with Crippen LogP contribution in [0, 0.1) is 5.92 Å². The predicted molar refractivity (Wildman–Crippen MR) is 121 cm³/mol. The Labute approximate surface area is 192 Å². The van der Waals surface area contributed by atoms with Gasteiger partial charge in [0.15, 0.2) is 5.92 Å². The Balaban J connectivity index is 1.89. The number of ether oxygens (including phenoxy) is 3. The summed E-state index contributed by atoms with van der Waals surface area (Å²) in [5.41, 5.74) is 2.20. The summed E-state index contributed by atoms with van der Waals surface area (Å²) >= 11 is 0. The van der Waals surface area contributed by atoms with Crippen LogP contribution in [0.2, 0.25) is 0 Å². The molecule has 0 radical (unpaired) electrons. The van der Waals surface area contributed by atoms with E-state index in [0.29, 0.717) is 43.4 Å². The molecule has 1 aliphatic rings. The molecule has 8 heteroatoms. The summed E-state index contributed by atoms with van der Waals surface area (Å²) in [5, 5.41) is 0. The Morgan fingerprint density at radius 1 is 0.909 bits per heavy atom. The molecule has 0 saturated carbocycles. The van der Waals surface area contributed by atoms with Crippen LogP contribution in [0.15, 0.2) is 65.1 Å². The maximum absolute atomic E-state index is 12.7. The summed E-state index contributed by atoms with van der Waals surface area (Å²) in [6.45, 7) is 2.42. The normalized spacial score (nSPS) is 14.7. The zero-order valence-corrected chi connectivity index (χ0v) is 18.6. The van der Waals surface area contributed by atoms with E-state index in [-0.39, 0.29) is 5.89 Å². The van der Waals surface area contributed by atoms with E-state index in [0.717, 1.165) is 5.56 Å². The third kappa shape index (κ3) is 4.75. The van der Waals surface area contributed by atoms with Gasteiger partial charge in [0, 0.05) is 18.7 Å². The maximum atomic E-state index is 12.7. The van der Waals surface area contributed by atoms with Gasteiger partial charge in [0.1, 0.15) is 5.69 Å². The standard InChI is InChI=1S/C25H26N2O6/c1-30-24(28)20(25(29)31-2)19(17-9-5-3-6-10-17)22-26-21(18-11-7-4-8-12-18)23(33-22)27-13-15-32-16-14-27/h3-12,19-20H,13-16H2,1-2H3/t19-/m0/s1. The quantitative estimate of drug-likeness (QED) is 0.400. The molecule has 1 aromatic heterocycles. The van der Waals surface area contributed by atoms with Crippen molar-refractivity contribution < 1.29 is 28.2 Å². The minimum Gasteiger partial charge on any atom is -0.468 e. The van der Waals surface area contributed by atoms with Gasteiger partial charge in [-0.25, -0.2) is 4.98 Å². The zero-order chi connectivity index (χ0) is 23.2. The van der Waals surface area contributed by atoms with Gasteiger partial charge in [-0.1, -0.05) is 60.7 Å². The average Bonchev–Trinajstić information content (AvgIpc) is 3.33. The predicted octanol–water partition coefficient (Wildman–Crippen LogP) is 3.27. The summed E-state index contributed by atoms with van der Waals surface area (Å²) in [6.07, 6.45) is 0. The smallest absolute Gasteiger partial charge is 0.321 e. The number of carbonyl (C=O) groups excluding carboxylic acids is 2. The number of benzene rings is 2. The maximum Gasteiger partial charge on any atom is 0.321 e. The van der Waals surface area contributed by atoms with Crippen LogP contribution >= 0.6 is 0 Å². The van der Waals surface area contributed by atoms with Crippen LogP contribution in [-0.4, -0.2) is 57.4 Å². The fraction of sp³-hybridized carbons (Fsp3) is 0.320. The summed E-state index contributed by atoms with van der Waals surface area (Å²) in [6, 6.07) is 18.8. The molecule has 2 heterocycles. The highest BCUT2D eigenvalue weighted by Crippen LogP contribution is 2.39. The third-order valence-electron chi connectivity index (χ3n) is 5.64. The van der Waals surface area contributed by atoms with Crippen molar-refractivity contribution in [1.29, 1.82) is 0 Å². The fourth-order valence-electron chi connectivity index (χ4n) is 3.99. The number of anilines is 1. The molecule has 0 spiro atoms. The molecular weight excluding hydrogens is 424 g/mol. The molecule has 3 aromatic rings. The monoisotopic (exact) mass is 450 g/mol. The van der Waals surface area contributed by atoms with Gasteiger partial charge in [-0.2, -0.15) is 0 Å². The molecule has 8 nitrogen and oxygen atoms in total. The Kier molecular flexibility index (Phi) is 7.04. The van der Waals surface area contributed by atoms with Crippen LogP contribution in [0.1, 0.15) is 17.4 Å². The van der Waals surface area contributed by atoms with Gasteiger partial charge in [-0.05, 0) is 5.56 Å². The zero-order valence-electron chi connectivity index (χ0n) is 18.6. The SMILES string of the molecule is COC(=O)C(C(=O)OC)[C@H](c1ccccc1)c1nc(-c2ccccc2)c(N2CCOCC2)o1. The van der Waals surface area contributed by atoms with Crippen molar-refractivity contribution in [2.75, 3.05) is 45.4 Å². The van der Waals surface area contributed by atoms with E-state index in [2.05, 4.69) is 4.90 Å². The highest BCUT2D eigenvalue weighted by Gasteiger charge is 2.42. The summed E-state index contributed by atoms with van der Waals surface area (Å²) < 4.78 is 21.8. The number of methoxy groups -OCH3 is 2. The molecule has 1 saturated heterocycles. The summed E-state index contributed by atoms with van der Waals surface area (Å²) in [4.78, 5) is 32.4. The third-order valence-corrected chi connectivity index (χ3v) is 5.64. The van der Waals surface area contributed by atoms with Crippen LogP contribution in [0.5, 0.6) is 0 Å². The van der Waals surface area contributed by atoms with Crippen LogP contribution in [-0.2, 0) is 23.8 Å². The second kappa shape index (κ2) is 10.3. The minimum absolute atomic E-state index is 0.238. The number of esters is 2. The van der Waals surface area contributed by atoms with Gasteiger partial charge >= 0.3 is 11.9 Å². The molecule has 0 N–H and O–H groups in total. The number of rotatable bonds is 7. The summed E-state index contributed by atoms with van der Waals surface area (Å²) in [7, 11) is 2.48. The van der Waals surface area contributed by atoms with Gasteiger partial charge in [0.25, 0.3) is 0 Å². The van der Waals surface area contributed by atoms with Crippen LogP contribution in [0.3, 0.4) is 0 Å². The van der Waals surface area contributed by atoms with Crippen LogP contribution < -0.4 is 4.90 Å². The van der Waals surface area contributed by atoms with Gasteiger partial charge in [0.05, 0.1) is 33.4 Å². The lowest BCUT2D eigenvalue weighted by Crippen LogP contribution is -2.36. The Morgan fingerprint density at radius 2 is 1.48 bits per heavy atom. The highest BCUT2D eigenvalue weighted by atomic mass is 16.5. The van der Waals surface area contributed by atoms with Crippen LogP contribution in [0.25, 0.3) is 11.3 Å². The van der Waals surface area contributed by atoms with Crippen molar-refractivity contribution in [1.82, 2.24) is 4.98 Å². The largest absolute Gasteiger partial charge is 0.468 e. The van der Waals surface area contributed by atoms with Crippen LogP contribution in [0.4, 0.5) is 5.88 Å². The second-order valence-corrected chi connectivity index (χ2v) is 7.58. The van der Waals surface area contributed by atoms with E-state index in [4.69, 9.17) is 23.6 Å². The number of oxazole rings is 1. The Hall–Kier alpha value is -3.65. The van der Waals surface area contributed by atoms with E-state index in [1.165, 1.54) is 14.2 Å². The minimum atomic E-state index is -1.28.